The molecule has 0 fully saturated rings. The summed E-state index contributed by atoms with van der Waals surface area (Å²) in [6, 6.07) is 0. The number of ether oxygens (including phenoxy) is 2. The second kappa shape index (κ2) is 6.90. The van der Waals surface area contributed by atoms with Crippen molar-refractivity contribution in [3.8, 4) is 0 Å². The maximum atomic E-state index is 11.5. The predicted molar refractivity (Wildman–Crippen MR) is 55.2 cm³/mol. The third-order valence-electron chi connectivity index (χ3n) is 1.77. The maximum Gasteiger partial charge on any atom is 0.359 e. The fraction of sp³-hybridized carbons (Fsp3) is 0.500. The standard InChI is InChI=1S/C10H14N2O4.ClH/c1-4-15-9(13)7-8(10(14)16-5-2)12-6(3)11-7;/h4-5H2,1-3H3,(H,11,12);1H/p-1. The summed E-state index contributed by atoms with van der Waals surface area (Å²) in [5.41, 5.74) is 0.00981. The lowest BCUT2D eigenvalue weighted by Gasteiger charge is -2.01. The maximum absolute atomic E-state index is 11.5. The van der Waals surface area contributed by atoms with Crippen LogP contribution in [0.5, 0.6) is 0 Å². The second-order valence-corrected chi connectivity index (χ2v) is 2.99. The third-order valence-corrected chi connectivity index (χ3v) is 1.77. The first-order valence-corrected chi connectivity index (χ1v) is 5.01. The van der Waals surface area contributed by atoms with Crippen LogP contribution in [-0.4, -0.2) is 35.1 Å². The zero-order valence-electron chi connectivity index (χ0n) is 9.87. The molecule has 1 rings (SSSR count). The third kappa shape index (κ3) is 3.74. The van der Waals surface area contributed by atoms with Gasteiger partial charge in [-0.15, -0.1) is 0 Å². The van der Waals surface area contributed by atoms with E-state index in [-0.39, 0.29) is 37.0 Å². The van der Waals surface area contributed by atoms with E-state index >= 15 is 0 Å². The summed E-state index contributed by atoms with van der Waals surface area (Å²) < 4.78 is 9.57. The number of aromatic amines is 1. The lowest BCUT2D eigenvalue weighted by atomic mass is 10.3. The lowest BCUT2D eigenvalue weighted by Crippen LogP contribution is -3.00. The Morgan fingerprint density at radius 2 is 1.71 bits per heavy atom. The fourth-order valence-electron chi connectivity index (χ4n) is 1.19. The molecule has 1 N–H and O–H groups in total. The van der Waals surface area contributed by atoms with E-state index in [1.165, 1.54) is 0 Å². The van der Waals surface area contributed by atoms with Crippen molar-refractivity contribution in [3.05, 3.63) is 17.2 Å². The van der Waals surface area contributed by atoms with Crippen molar-refractivity contribution in [2.24, 2.45) is 0 Å². The molecule has 1 aromatic rings. The topological polar surface area (TPSA) is 81.3 Å². The van der Waals surface area contributed by atoms with Crippen LogP contribution in [0.1, 0.15) is 40.6 Å². The van der Waals surface area contributed by atoms with Gasteiger partial charge in [-0.1, -0.05) is 0 Å². The Hall–Kier alpha value is -1.56. The van der Waals surface area contributed by atoms with Crippen LogP contribution in [0.3, 0.4) is 0 Å². The van der Waals surface area contributed by atoms with Crippen molar-refractivity contribution < 1.29 is 31.5 Å². The van der Waals surface area contributed by atoms with Crippen LogP contribution in [0.4, 0.5) is 0 Å². The highest BCUT2D eigenvalue weighted by Gasteiger charge is 2.23. The highest BCUT2D eigenvalue weighted by atomic mass is 35.5. The molecular formula is C10H14ClN2O4-. The summed E-state index contributed by atoms with van der Waals surface area (Å²) in [5.74, 6) is -0.771. The first-order valence-electron chi connectivity index (χ1n) is 5.01. The van der Waals surface area contributed by atoms with Gasteiger partial charge < -0.3 is 26.9 Å². The van der Waals surface area contributed by atoms with Gasteiger partial charge in [-0.2, -0.15) is 0 Å². The molecule has 7 heteroatoms. The Balaban J connectivity index is 0.00000256. The van der Waals surface area contributed by atoms with Crippen LogP contribution < -0.4 is 12.4 Å². The minimum Gasteiger partial charge on any atom is -1.00 e. The van der Waals surface area contributed by atoms with Crippen LogP contribution in [-0.2, 0) is 9.47 Å². The van der Waals surface area contributed by atoms with E-state index in [2.05, 4.69) is 9.97 Å². The van der Waals surface area contributed by atoms with Crippen molar-refractivity contribution in [2.75, 3.05) is 13.2 Å². The van der Waals surface area contributed by atoms with Crippen LogP contribution in [0.2, 0.25) is 0 Å². The quantitative estimate of drug-likeness (QED) is 0.639. The van der Waals surface area contributed by atoms with Crippen LogP contribution in [0.25, 0.3) is 0 Å². The average molecular weight is 262 g/mol. The van der Waals surface area contributed by atoms with Crippen LogP contribution >= 0.6 is 0 Å². The molecule has 1 aromatic heterocycles. The van der Waals surface area contributed by atoms with Gasteiger partial charge in [0.2, 0.25) is 0 Å². The average Bonchev–Trinajstić information content (AvgIpc) is 2.61. The van der Waals surface area contributed by atoms with Crippen molar-refractivity contribution >= 4 is 11.9 Å². The Bertz CT molecular complexity index is 368. The molecule has 0 bridgehead atoms. The van der Waals surface area contributed by atoms with E-state index in [9.17, 15) is 9.59 Å². The molecule has 0 saturated carbocycles. The molecule has 96 valence electrons. The number of hydrogen-bond acceptors (Lipinski definition) is 5. The van der Waals surface area contributed by atoms with Gasteiger partial charge in [-0.25, -0.2) is 14.6 Å². The van der Waals surface area contributed by atoms with Gasteiger partial charge in [0.15, 0.2) is 11.4 Å². The number of carbonyl (C=O) groups is 2. The molecule has 0 saturated heterocycles. The summed E-state index contributed by atoms with van der Waals surface area (Å²) in [5, 5.41) is 0. The molecular weight excluding hydrogens is 248 g/mol. The van der Waals surface area contributed by atoms with E-state index in [1.807, 2.05) is 0 Å². The van der Waals surface area contributed by atoms with E-state index in [0.717, 1.165) is 0 Å². The molecule has 0 amide bonds. The Kier molecular flexibility index (Phi) is 6.27. The molecule has 0 aromatic carbocycles. The summed E-state index contributed by atoms with van der Waals surface area (Å²) in [7, 11) is 0. The first kappa shape index (κ1) is 15.4. The molecule has 0 aliphatic carbocycles. The number of imidazole rings is 1. The van der Waals surface area contributed by atoms with Crippen LogP contribution in [0.15, 0.2) is 0 Å². The van der Waals surface area contributed by atoms with Crippen LogP contribution in [0, 0.1) is 6.92 Å². The van der Waals surface area contributed by atoms with E-state index < -0.39 is 11.9 Å². The predicted octanol–water partition coefficient (Wildman–Crippen LogP) is -1.92. The number of nitrogens with one attached hydrogen (secondary N) is 1. The lowest BCUT2D eigenvalue weighted by molar-refractivity contribution is -0.0000367. The number of esters is 2. The van der Waals surface area contributed by atoms with Crippen molar-refractivity contribution in [3.63, 3.8) is 0 Å². The van der Waals surface area contributed by atoms with Gasteiger partial charge in [0.25, 0.3) is 0 Å². The van der Waals surface area contributed by atoms with Crippen molar-refractivity contribution in [1.82, 2.24) is 9.97 Å². The van der Waals surface area contributed by atoms with E-state index in [1.54, 1.807) is 20.8 Å². The smallest absolute Gasteiger partial charge is 0.359 e. The monoisotopic (exact) mass is 261 g/mol. The Labute approximate surface area is 105 Å². The number of aromatic nitrogens is 2. The Morgan fingerprint density at radius 3 is 2.24 bits per heavy atom. The van der Waals surface area contributed by atoms with Gasteiger partial charge in [-0.05, 0) is 20.8 Å². The number of halogens is 1. The number of hydrogen-bond donors (Lipinski definition) is 1. The number of aryl methyl sites for hydroxylation is 1. The number of H-pyrrole nitrogens is 1. The van der Waals surface area contributed by atoms with Gasteiger partial charge in [0.1, 0.15) is 5.82 Å². The van der Waals surface area contributed by atoms with Gasteiger partial charge in [0.05, 0.1) is 13.2 Å². The summed E-state index contributed by atoms with van der Waals surface area (Å²) in [6.07, 6.45) is 0. The number of carbonyl (C=O) groups excluding carboxylic acids is 2. The largest absolute Gasteiger partial charge is 1.00 e. The zero-order chi connectivity index (χ0) is 12.1. The SMILES string of the molecule is CCOC(=O)c1nc(C)[nH]c1C(=O)OCC.[Cl-]. The molecule has 0 unspecified atom stereocenters. The normalized spacial score (nSPS) is 9.35. The van der Waals surface area contributed by atoms with Gasteiger partial charge in [-0.3, -0.25) is 0 Å². The number of nitrogens with zero attached hydrogens (tertiary/aromatic N) is 1. The molecule has 0 spiro atoms. The molecule has 6 nitrogen and oxygen atoms in total. The van der Waals surface area contributed by atoms with Gasteiger partial charge in [0, 0.05) is 0 Å². The zero-order valence-corrected chi connectivity index (χ0v) is 10.6. The summed E-state index contributed by atoms with van der Waals surface area (Å²) in [4.78, 5) is 29.5. The minimum absolute atomic E-state index is 0. The van der Waals surface area contributed by atoms with E-state index in [0.29, 0.717) is 5.82 Å². The van der Waals surface area contributed by atoms with Crippen molar-refractivity contribution in [2.45, 2.75) is 20.8 Å². The minimum atomic E-state index is -0.630. The second-order valence-electron chi connectivity index (χ2n) is 2.99. The van der Waals surface area contributed by atoms with E-state index in [4.69, 9.17) is 9.47 Å². The Morgan fingerprint density at radius 1 is 1.18 bits per heavy atom. The first-order chi connectivity index (χ1) is 7.60. The summed E-state index contributed by atoms with van der Waals surface area (Å²) in [6.45, 7) is 5.48. The van der Waals surface area contributed by atoms with Gasteiger partial charge >= 0.3 is 11.9 Å². The fourth-order valence-corrected chi connectivity index (χ4v) is 1.19. The molecule has 1 heterocycles. The van der Waals surface area contributed by atoms with Crippen molar-refractivity contribution in [1.29, 1.82) is 0 Å². The molecule has 17 heavy (non-hydrogen) atoms. The summed E-state index contributed by atoms with van der Waals surface area (Å²) >= 11 is 0. The number of rotatable bonds is 4. The highest BCUT2D eigenvalue weighted by Crippen LogP contribution is 2.09. The highest BCUT2D eigenvalue weighted by molar-refractivity contribution is 6.00. The molecule has 0 aliphatic rings. The molecule has 0 radical (unpaired) electrons. The molecule has 0 atom stereocenters. The molecule has 0 aliphatic heterocycles.